The molecule has 2 aliphatic rings. The number of hydrogen-bond acceptors (Lipinski definition) is 3. The van der Waals surface area contributed by atoms with Gasteiger partial charge >= 0.3 is 0 Å². The highest BCUT2D eigenvalue weighted by atomic mass is 35.5. The van der Waals surface area contributed by atoms with Gasteiger partial charge in [-0.1, -0.05) is 34.8 Å². The third-order valence-corrected chi connectivity index (χ3v) is 4.79. The number of phenolic OH excluding ortho intramolecular Hbond substituents is 1. The second-order valence-electron chi connectivity index (χ2n) is 5.12. The summed E-state index contributed by atoms with van der Waals surface area (Å²) in [6.07, 6.45) is 0. The molecule has 0 radical (unpaired) electrons. The average molecular weight is 351 g/mol. The first-order valence-electron chi connectivity index (χ1n) is 6.30. The molecule has 2 aliphatic carbocycles. The standard InChI is InChI=1S/C16H6Cl3NO2/c17-7-4-11(21)14-8(18)1-5-2-9(19)16(22)15-10(20)3-6(7)13(14)12(5)15/h1-4,20,22H. The van der Waals surface area contributed by atoms with Crippen LogP contribution in [0.15, 0.2) is 29.1 Å². The van der Waals surface area contributed by atoms with Crippen molar-refractivity contribution >= 4 is 56.3 Å². The minimum Gasteiger partial charge on any atom is -0.506 e. The molecule has 108 valence electrons. The molecule has 0 bridgehead atoms. The van der Waals surface area contributed by atoms with E-state index in [1.165, 1.54) is 12.1 Å². The van der Waals surface area contributed by atoms with Gasteiger partial charge in [0.2, 0.25) is 0 Å². The Morgan fingerprint density at radius 1 is 0.864 bits per heavy atom. The van der Waals surface area contributed by atoms with Crippen LogP contribution in [0.2, 0.25) is 15.1 Å². The van der Waals surface area contributed by atoms with Crippen molar-refractivity contribution < 1.29 is 5.11 Å². The SMILES string of the molecule is N=c1cc2c(Cl)cc(=O)c3c(Cl)cc4cc(Cl)c(O)c1c4c3-2. The molecule has 0 heterocycles. The van der Waals surface area contributed by atoms with Crippen molar-refractivity contribution in [1.82, 2.24) is 0 Å². The predicted molar refractivity (Wildman–Crippen MR) is 89.3 cm³/mol. The van der Waals surface area contributed by atoms with Gasteiger partial charge in [-0.25, -0.2) is 0 Å². The summed E-state index contributed by atoms with van der Waals surface area (Å²) in [6, 6.07) is 5.99. The summed E-state index contributed by atoms with van der Waals surface area (Å²) in [5.41, 5.74) is 0.818. The molecule has 0 saturated carbocycles. The van der Waals surface area contributed by atoms with Gasteiger partial charge in [0, 0.05) is 28.0 Å². The number of aromatic hydroxyl groups is 1. The van der Waals surface area contributed by atoms with Crippen molar-refractivity contribution in [3.8, 4) is 16.9 Å². The lowest BCUT2D eigenvalue weighted by Gasteiger charge is -2.18. The van der Waals surface area contributed by atoms with E-state index in [1.54, 1.807) is 12.1 Å². The topological polar surface area (TPSA) is 61.2 Å². The number of rotatable bonds is 0. The molecule has 3 nitrogen and oxygen atoms in total. The van der Waals surface area contributed by atoms with Crippen LogP contribution >= 0.6 is 34.8 Å². The van der Waals surface area contributed by atoms with Crippen molar-refractivity contribution in [3.63, 3.8) is 0 Å². The quantitative estimate of drug-likeness (QED) is 0.459. The van der Waals surface area contributed by atoms with E-state index in [0.717, 1.165) is 0 Å². The van der Waals surface area contributed by atoms with Crippen molar-refractivity contribution in [3.05, 3.63) is 54.9 Å². The molecule has 2 aromatic carbocycles. The molecule has 0 aliphatic heterocycles. The molecule has 0 saturated heterocycles. The zero-order valence-electron chi connectivity index (χ0n) is 10.8. The Morgan fingerprint density at radius 3 is 2.27 bits per heavy atom. The molecule has 22 heavy (non-hydrogen) atoms. The Labute approximate surface area is 138 Å². The fourth-order valence-corrected chi connectivity index (χ4v) is 3.78. The predicted octanol–water partition coefficient (Wildman–Crippen LogP) is 4.48. The van der Waals surface area contributed by atoms with Crippen LogP contribution in [0.4, 0.5) is 0 Å². The second kappa shape index (κ2) is 4.35. The van der Waals surface area contributed by atoms with Crippen LogP contribution in [-0.4, -0.2) is 5.11 Å². The molecule has 4 rings (SSSR count). The minimum absolute atomic E-state index is 0.0849. The summed E-state index contributed by atoms with van der Waals surface area (Å²) >= 11 is 18.5. The number of nitrogens with one attached hydrogen (secondary N) is 1. The van der Waals surface area contributed by atoms with E-state index in [1.807, 2.05) is 0 Å². The lowest BCUT2D eigenvalue weighted by atomic mass is 9.88. The third-order valence-electron chi connectivity index (χ3n) is 3.89. The van der Waals surface area contributed by atoms with Crippen LogP contribution in [0, 0.1) is 5.41 Å². The Balaban J connectivity index is 2.54. The Bertz CT molecular complexity index is 1160. The van der Waals surface area contributed by atoms with Crippen molar-refractivity contribution in [2.45, 2.75) is 0 Å². The van der Waals surface area contributed by atoms with Gasteiger partial charge in [-0.3, -0.25) is 4.79 Å². The normalized spacial score (nSPS) is 12.0. The van der Waals surface area contributed by atoms with Gasteiger partial charge in [0.25, 0.3) is 0 Å². The summed E-state index contributed by atoms with van der Waals surface area (Å²) in [4.78, 5) is 12.3. The van der Waals surface area contributed by atoms with Gasteiger partial charge in [0.15, 0.2) is 5.43 Å². The lowest BCUT2D eigenvalue weighted by Crippen LogP contribution is -2.10. The van der Waals surface area contributed by atoms with E-state index in [9.17, 15) is 9.90 Å². The van der Waals surface area contributed by atoms with Gasteiger partial charge in [-0.15, -0.1) is 0 Å². The van der Waals surface area contributed by atoms with E-state index >= 15 is 0 Å². The lowest BCUT2D eigenvalue weighted by molar-refractivity contribution is 0.481. The number of halogens is 3. The van der Waals surface area contributed by atoms with E-state index < -0.39 is 0 Å². The second-order valence-corrected chi connectivity index (χ2v) is 6.34. The molecule has 2 aromatic rings. The monoisotopic (exact) mass is 349 g/mol. The smallest absolute Gasteiger partial charge is 0.189 e. The first-order valence-corrected chi connectivity index (χ1v) is 7.44. The first kappa shape index (κ1) is 13.8. The van der Waals surface area contributed by atoms with Crippen LogP contribution in [0.1, 0.15) is 0 Å². The van der Waals surface area contributed by atoms with E-state index in [2.05, 4.69) is 0 Å². The molecular weight excluding hydrogens is 345 g/mol. The summed E-state index contributed by atoms with van der Waals surface area (Å²) in [5, 5.41) is 21.0. The van der Waals surface area contributed by atoms with Crippen molar-refractivity contribution in [2.75, 3.05) is 0 Å². The fourth-order valence-electron chi connectivity index (χ4n) is 3.01. The highest BCUT2D eigenvalue weighted by Gasteiger charge is 2.24. The highest BCUT2D eigenvalue weighted by Crippen LogP contribution is 2.45. The Morgan fingerprint density at radius 2 is 1.55 bits per heavy atom. The molecule has 2 N–H and O–H groups in total. The average Bonchev–Trinajstić information content (AvgIpc) is 2.44. The largest absolute Gasteiger partial charge is 0.506 e. The van der Waals surface area contributed by atoms with Gasteiger partial charge < -0.3 is 10.5 Å². The summed E-state index contributed by atoms with van der Waals surface area (Å²) in [7, 11) is 0. The van der Waals surface area contributed by atoms with E-state index in [-0.39, 0.29) is 26.6 Å². The molecule has 0 atom stereocenters. The molecule has 0 aromatic heterocycles. The van der Waals surface area contributed by atoms with Crippen LogP contribution in [0.5, 0.6) is 5.75 Å². The Hall–Kier alpha value is -1.81. The maximum absolute atomic E-state index is 12.3. The van der Waals surface area contributed by atoms with Gasteiger partial charge in [0.05, 0.1) is 25.8 Å². The zero-order valence-corrected chi connectivity index (χ0v) is 13.1. The van der Waals surface area contributed by atoms with Crippen LogP contribution in [-0.2, 0) is 0 Å². The molecule has 0 fully saturated rings. The number of hydrogen-bond donors (Lipinski definition) is 2. The summed E-state index contributed by atoms with van der Waals surface area (Å²) < 4.78 is 0. The third kappa shape index (κ3) is 1.59. The number of phenols is 1. The Kier molecular flexibility index (Phi) is 2.74. The maximum atomic E-state index is 12.3. The van der Waals surface area contributed by atoms with Gasteiger partial charge in [0.1, 0.15) is 5.75 Å². The van der Waals surface area contributed by atoms with Gasteiger partial charge in [-0.05, 0) is 23.6 Å². The first-order chi connectivity index (χ1) is 10.4. The number of benzene rings is 4. The molecule has 0 amide bonds. The highest BCUT2D eigenvalue weighted by molar-refractivity contribution is 6.41. The molecule has 0 spiro atoms. The zero-order chi connectivity index (χ0) is 15.8. The molecule has 0 unspecified atom stereocenters. The minimum atomic E-state index is -0.294. The fraction of sp³-hybridized carbons (Fsp3) is 0. The van der Waals surface area contributed by atoms with E-state index in [0.29, 0.717) is 37.7 Å². The maximum Gasteiger partial charge on any atom is 0.189 e. The summed E-state index contributed by atoms with van der Waals surface area (Å²) in [5.74, 6) is -0.183. The van der Waals surface area contributed by atoms with Gasteiger partial charge in [-0.2, -0.15) is 0 Å². The molecule has 6 heteroatoms. The van der Waals surface area contributed by atoms with E-state index in [4.69, 9.17) is 40.2 Å². The molecular formula is C16H6Cl3NO2. The van der Waals surface area contributed by atoms with Crippen LogP contribution in [0.3, 0.4) is 0 Å². The van der Waals surface area contributed by atoms with Crippen LogP contribution in [0.25, 0.3) is 32.7 Å². The van der Waals surface area contributed by atoms with Crippen LogP contribution < -0.4 is 10.8 Å². The summed E-state index contributed by atoms with van der Waals surface area (Å²) in [6.45, 7) is 0. The van der Waals surface area contributed by atoms with Crippen molar-refractivity contribution in [1.29, 1.82) is 5.41 Å². The van der Waals surface area contributed by atoms with Crippen molar-refractivity contribution in [2.24, 2.45) is 0 Å².